The van der Waals surface area contributed by atoms with E-state index in [1.807, 2.05) is 0 Å². The highest BCUT2D eigenvalue weighted by atomic mass is 79.9. The largest absolute Gasteiger partial charge is 0.506 e. The standard InChI is InChI=1S/C15H8Br2ClNO3S/c16-10-5-9(15(20)14(17)7-10)6-13(8-19)23(21,22)12-3-1-11(18)2-4-12/h1-7,20H. The highest BCUT2D eigenvalue weighted by Crippen LogP contribution is 2.34. The minimum Gasteiger partial charge on any atom is -0.506 e. The molecule has 2 rings (SSSR count). The van der Waals surface area contributed by atoms with Crippen molar-refractivity contribution in [2.45, 2.75) is 4.90 Å². The van der Waals surface area contributed by atoms with Crippen molar-refractivity contribution in [1.29, 1.82) is 5.26 Å². The number of phenols is 1. The Morgan fingerprint density at radius 1 is 1.22 bits per heavy atom. The first-order chi connectivity index (χ1) is 10.8. The van der Waals surface area contributed by atoms with E-state index in [-0.39, 0.29) is 16.2 Å². The van der Waals surface area contributed by atoms with Crippen molar-refractivity contribution in [2.75, 3.05) is 0 Å². The molecule has 0 atom stereocenters. The first kappa shape index (κ1) is 18.0. The molecule has 0 saturated carbocycles. The molecule has 23 heavy (non-hydrogen) atoms. The van der Waals surface area contributed by atoms with Gasteiger partial charge < -0.3 is 5.11 Å². The minimum atomic E-state index is -4.01. The number of phenolic OH excluding ortho intramolecular Hbond substituents is 1. The fourth-order valence-corrected chi connectivity index (χ4v) is 4.28. The van der Waals surface area contributed by atoms with Gasteiger partial charge in [0.05, 0.1) is 9.37 Å². The predicted octanol–water partition coefficient (Wildman–Crippen LogP) is 4.91. The maximum absolute atomic E-state index is 12.5. The number of halogens is 3. The molecule has 0 aromatic heterocycles. The lowest BCUT2D eigenvalue weighted by Crippen LogP contribution is -2.03. The van der Waals surface area contributed by atoms with Crippen LogP contribution in [0.2, 0.25) is 5.02 Å². The van der Waals surface area contributed by atoms with Gasteiger partial charge in [-0.25, -0.2) is 8.42 Å². The molecule has 2 aromatic rings. The second-order valence-electron chi connectivity index (χ2n) is 4.40. The minimum absolute atomic E-state index is 0.0525. The van der Waals surface area contributed by atoms with Gasteiger partial charge in [0.25, 0.3) is 0 Å². The van der Waals surface area contributed by atoms with Crippen LogP contribution in [0.25, 0.3) is 6.08 Å². The molecule has 0 aliphatic heterocycles. The van der Waals surface area contributed by atoms with Crippen molar-refractivity contribution >= 4 is 59.4 Å². The third kappa shape index (κ3) is 3.96. The van der Waals surface area contributed by atoms with Crippen LogP contribution in [0.4, 0.5) is 0 Å². The monoisotopic (exact) mass is 475 g/mol. The van der Waals surface area contributed by atoms with Gasteiger partial charge in [-0.3, -0.25) is 0 Å². The van der Waals surface area contributed by atoms with Gasteiger partial charge in [-0.1, -0.05) is 27.5 Å². The number of nitriles is 1. The van der Waals surface area contributed by atoms with Gasteiger partial charge in [0.1, 0.15) is 16.7 Å². The number of hydrogen-bond donors (Lipinski definition) is 1. The maximum Gasteiger partial charge on any atom is 0.216 e. The molecule has 0 bridgehead atoms. The van der Waals surface area contributed by atoms with E-state index in [4.69, 9.17) is 11.6 Å². The molecule has 0 fully saturated rings. The second-order valence-corrected chi connectivity index (χ2v) is 8.53. The molecule has 0 aliphatic rings. The molecule has 4 nitrogen and oxygen atoms in total. The van der Waals surface area contributed by atoms with Gasteiger partial charge >= 0.3 is 0 Å². The molecule has 2 aromatic carbocycles. The zero-order valence-electron chi connectivity index (χ0n) is 11.3. The molecule has 1 N–H and O–H groups in total. The van der Waals surface area contributed by atoms with E-state index in [0.29, 0.717) is 14.0 Å². The van der Waals surface area contributed by atoms with E-state index in [1.54, 1.807) is 12.1 Å². The maximum atomic E-state index is 12.5. The van der Waals surface area contributed by atoms with Crippen molar-refractivity contribution in [3.63, 3.8) is 0 Å². The van der Waals surface area contributed by atoms with Gasteiger partial charge in [-0.2, -0.15) is 5.26 Å². The molecule has 118 valence electrons. The van der Waals surface area contributed by atoms with Crippen LogP contribution in [0, 0.1) is 11.3 Å². The SMILES string of the molecule is N#CC(=Cc1cc(Br)cc(Br)c1O)S(=O)(=O)c1ccc(Cl)cc1. The Balaban J connectivity index is 2.60. The Morgan fingerprint density at radius 3 is 2.39 bits per heavy atom. The van der Waals surface area contributed by atoms with Crippen LogP contribution in [0.15, 0.2) is 55.1 Å². The third-order valence-corrected chi connectivity index (χ3v) is 5.86. The Labute approximate surface area is 155 Å². The van der Waals surface area contributed by atoms with Gasteiger partial charge in [-0.05, 0) is 58.4 Å². The van der Waals surface area contributed by atoms with Crippen molar-refractivity contribution in [3.05, 3.63) is 60.8 Å². The predicted molar refractivity (Wildman–Crippen MR) is 95.7 cm³/mol. The smallest absolute Gasteiger partial charge is 0.216 e. The van der Waals surface area contributed by atoms with Crippen LogP contribution >= 0.6 is 43.5 Å². The van der Waals surface area contributed by atoms with Crippen LogP contribution in [0.1, 0.15) is 5.56 Å². The summed E-state index contributed by atoms with van der Waals surface area (Å²) < 4.78 is 26.0. The first-order valence-electron chi connectivity index (χ1n) is 6.06. The fraction of sp³-hybridized carbons (Fsp3) is 0. The highest BCUT2D eigenvalue weighted by Gasteiger charge is 2.21. The zero-order valence-corrected chi connectivity index (χ0v) is 16.0. The fourth-order valence-electron chi connectivity index (χ4n) is 1.75. The summed E-state index contributed by atoms with van der Waals surface area (Å²) in [5, 5.41) is 19.6. The zero-order chi connectivity index (χ0) is 17.2. The number of allylic oxidation sites excluding steroid dienone is 1. The van der Waals surface area contributed by atoms with E-state index < -0.39 is 14.7 Å². The van der Waals surface area contributed by atoms with E-state index in [2.05, 4.69) is 31.9 Å². The molecule has 0 saturated heterocycles. The van der Waals surface area contributed by atoms with Crippen molar-refractivity contribution in [2.24, 2.45) is 0 Å². The van der Waals surface area contributed by atoms with E-state index in [0.717, 1.165) is 6.08 Å². The average molecular weight is 478 g/mol. The van der Waals surface area contributed by atoms with Crippen molar-refractivity contribution < 1.29 is 13.5 Å². The summed E-state index contributed by atoms with van der Waals surface area (Å²) in [6.07, 6.45) is 1.12. The van der Waals surface area contributed by atoms with Gasteiger partial charge in [0.2, 0.25) is 9.84 Å². The average Bonchev–Trinajstić information content (AvgIpc) is 2.49. The number of nitrogens with zero attached hydrogens (tertiary/aromatic N) is 1. The lowest BCUT2D eigenvalue weighted by atomic mass is 10.2. The molecule has 8 heteroatoms. The summed E-state index contributed by atoms with van der Waals surface area (Å²) in [7, 11) is -4.01. The van der Waals surface area contributed by atoms with Crippen LogP contribution < -0.4 is 0 Å². The number of sulfone groups is 1. The highest BCUT2D eigenvalue weighted by molar-refractivity contribution is 9.11. The number of rotatable bonds is 3. The summed E-state index contributed by atoms with van der Waals surface area (Å²) in [5.41, 5.74) is 0.195. The molecule has 0 aliphatic carbocycles. The van der Waals surface area contributed by atoms with Crippen LogP contribution in [0.5, 0.6) is 5.75 Å². The first-order valence-corrected chi connectivity index (χ1v) is 9.51. The quantitative estimate of drug-likeness (QED) is 0.638. The van der Waals surface area contributed by atoms with Gasteiger partial charge in [-0.15, -0.1) is 0 Å². The van der Waals surface area contributed by atoms with Crippen molar-refractivity contribution in [3.8, 4) is 11.8 Å². The van der Waals surface area contributed by atoms with Gasteiger partial charge in [0.15, 0.2) is 0 Å². The summed E-state index contributed by atoms with van der Waals surface area (Å²) in [4.78, 5) is -0.539. The Hall–Kier alpha value is -1.33. The normalized spacial score (nSPS) is 12.0. The van der Waals surface area contributed by atoms with Crippen LogP contribution in [-0.4, -0.2) is 13.5 Å². The lowest BCUT2D eigenvalue weighted by molar-refractivity contribution is 0.470. The van der Waals surface area contributed by atoms with E-state index in [1.165, 1.54) is 30.3 Å². The summed E-state index contributed by atoms with van der Waals surface area (Å²) in [6.45, 7) is 0. The molecule has 0 heterocycles. The summed E-state index contributed by atoms with van der Waals surface area (Å²) >= 11 is 12.1. The number of hydrogen-bond acceptors (Lipinski definition) is 4. The Bertz CT molecular complexity index is 932. The van der Waals surface area contributed by atoms with E-state index >= 15 is 0 Å². The number of aromatic hydroxyl groups is 1. The number of benzene rings is 2. The summed E-state index contributed by atoms with van der Waals surface area (Å²) in [6, 6.07) is 10.3. The molecular weight excluding hydrogens is 469 g/mol. The third-order valence-electron chi connectivity index (χ3n) is 2.87. The molecular formula is C15H8Br2ClNO3S. The van der Waals surface area contributed by atoms with Crippen LogP contribution in [0.3, 0.4) is 0 Å². The topological polar surface area (TPSA) is 78.2 Å². The molecule has 0 radical (unpaired) electrons. The second kappa shape index (κ2) is 7.05. The Morgan fingerprint density at radius 2 is 1.83 bits per heavy atom. The van der Waals surface area contributed by atoms with E-state index in [9.17, 15) is 18.8 Å². The summed E-state index contributed by atoms with van der Waals surface area (Å²) in [5.74, 6) is -0.160. The lowest BCUT2D eigenvalue weighted by Gasteiger charge is -2.06. The molecule has 0 spiro atoms. The molecule has 0 amide bonds. The molecule has 0 unspecified atom stereocenters. The Kier molecular flexibility index (Phi) is 5.53. The van der Waals surface area contributed by atoms with Crippen molar-refractivity contribution in [1.82, 2.24) is 0 Å². The van der Waals surface area contributed by atoms with Gasteiger partial charge in [0, 0.05) is 15.1 Å². The van der Waals surface area contributed by atoms with Crippen LogP contribution in [-0.2, 0) is 9.84 Å².